The molecule has 6 nitrogen and oxygen atoms in total. The molecule has 1 amide bonds. The third kappa shape index (κ3) is 4.47. The number of benzene rings is 2. The molecule has 0 N–H and O–H groups in total. The zero-order chi connectivity index (χ0) is 22.9. The molecule has 4 rings (SSSR count). The first-order valence-electron chi connectivity index (χ1n) is 10.4. The second kappa shape index (κ2) is 8.74. The number of anilines is 1. The first kappa shape index (κ1) is 22.6. The zero-order valence-corrected chi connectivity index (χ0v) is 18.1. The Balaban J connectivity index is 1.52. The van der Waals surface area contributed by atoms with Gasteiger partial charge in [-0.05, 0) is 61.6 Å². The number of aryl methyl sites for hydroxylation is 1. The average molecular weight is 468 g/mol. The smallest absolute Gasteiger partial charge is 0.419 e. The molecule has 1 fully saturated rings. The van der Waals surface area contributed by atoms with Crippen LogP contribution in [0.3, 0.4) is 0 Å². The van der Waals surface area contributed by atoms with Crippen molar-refractivity contribution in [2.75, 3.05) is 31.1 Å². The Bertz CT molecular complexity index is 1110. The number of amides is 1. The van der Waals surface area contributed by atoms with E-state index >= 15 is 0 Å². The summed E-state index contributed by atoms with van der Waals surface area (Å²) in [5.74, 6) is -0.893. The van der Waals surface area contributed by atoms with E-state index in [0.717, 1.165) is 24.5 Å². The highest BCUT2D eigenvalue weighted by atomic mass is 32.2. The minimum absolute atomic E-state index is 0.197. The molecular formula is C22H23F3N2O4S. The van der Waals surface area contributed by atoms with E-state index in [1.807, 2.05) is 0 Å². The maximum Gasteiger partial charge on any atom is 0.419 e. The fourth-order valence-corrected chi connectivity index (χ4v) is 5.68. The lowest BCUT2D eigenvalue weighted by molar-refractivity contribution is -0.139. The lowest BCUT2D eigenvalue weighted by Gasteiger charge is -2.30. The molecule has 0 aliphatic carbocycles. The summed E-state index contributed by atoms with van der Waals surface area (Å²) in [5.41, 5.74) is 0.346. The molecule has 0 spiro atoms. The Morgan fingerprint density at radius 3 is 2.44 bits per heavy atom. The minimum Gasteiger partial charge on any atom is -0.483 e. The number of nitrogens with zero attached hydrogens (tertiary/aromatic N) is 2. The van der Waals surface area contributed by atoms with E-state index < -0.39 is 40.0 Å². The third-order valence-corrected chi connectivity index (χ3v) is 7.61. The number of hydrogen-bond donors (Lipinski definition) is 0. The van der Waals surface area contributed by atoms with E-state index in [1.165, 1.54) is 33.5 Å². The lowest BCUT2D eigenvalue weighted by Crippen LogP contribution is -2.39. The van der Waals surface area contributed by atoms with Crippen LogP contribution in [0.25, 0.3) is 0 Å². The normalized spacial score (nSPS) is 17.3. The number of hydrogen-bond acceptors (Lipinski definition) is 4. The summed E-state index contributed by atoms with van der Waals surface area (Å²) >= 11 is 0. The monoisotopic (exact) mass is 468 g/mol. The molecule has 0 radical (unpaired) electrons. The van der Waals surface area contributed by atoms with Crippen molar-refractivity contribution < 1.29 is 31.1 Å². The van der Waals surface area contributed by atoms with Crippen LogP contribution in [0.15, 0.2) is 47.4 Å². The Kier molecular flexibility index (Phi) is 6.17. The minimum atomic E-state index is -4.59. The van der Waals surface area contributed by atoms with Gasteiger partial charge >= 0.3 is 6.18 Å². The van der Waals surface area contributed by atoms with Crippen LogP contribution in [-0.4, -0.2) is 44.9 Å². The van der Waals surface area contributed by atoms with Crippen molar-refractivity contribution in [3.8, 4) is 5.75 Å². The number of rotatable bonds is 5. The number of alkyl halides is 3. The van der Waals surface area contributed by atoms with E-state index in [1.54, 1.807) is 12.1 Å². The fraction of sp³-hybridized carbons (Fsp3) is 0.409. The summed E-state index contributed by atoms with van der Waals surface area (Å²) < 4.78 is 71.8. The van der Waals surface area contributed by atoms with Gasteiger partial charge in [0.25, 0.3) is 5.91 Å². The molecule has 2 aromatic carbocycles. The Labute approximate surface area is 184 Å². The molecular weight excluding hydrogens is 445 g/mol. The van der Waals surface area contributed by atoms with Gasteiger partial charge in [-0.2, -0.15) is 17.5 Å². The molecule has 2 aliphatic heterocycles. The number of carbonyl (C=O) groups is 1. The van der Waals surface area contributed by atoms with Gasteiger partial charge in [-0.25, -0.2) is 8.42 Å². The van der Waals surface area contributed by atoms with Gasteiger partial charge in [0.2, 0.25) is 10.0 Å². The average Bonchev–Trinajstić information content (AvgIpc) is 3.32. The molecule has 0 unspecified atom stereocenters. The van der Waals surface area contributed by atoms with Crippen LogP contribution in [-0.2, 0) is 27.4 Å². The predicted molar refractivity (Wildman–Crippen MR) is 112 cm³/mol. The van der Waals surface area contributed by atoms with Gasteiger partial charge in [-0.15, -0.1) is 0 Å². The van der Waals surface area contributed by atoms with Crippen molar-refractivity contribution in [1.82, 2.24) is 4.31 Å². The summed E-state index contributed by atoms with van der Waals surface area (Å²) in [4.78, 5) is 14.4. The van der Waals surface area contributed by atoms with Crippen LogP contribution < -0.4 is 9.64 Å². The van der Waals surface area contributed by atoms with Gasteiger partial charge in [0.1, 0.15) is 5.75 Å². The van der Waals surface area contributed by atoms with Crippen molar-refractivity contribution in [3.05, 3.63) is 53.6 Å². The third-order valence-electron chi connectivity index (χ3n) is 5.72. The largest absolute Gasteiger partial charge is 0.483 e. The molecule has 32 heavy (non-hydrogen) atoms. The van der Waals surface area contributed by atoms with Crippen LogP contribution in [0.5, 0.6) is 5.75 Å². The van der Waals surface area contributed by atoms with Crippen LogP contribution in [0.4, 0.5) is 18.9 Å². The standard InChI is InChI=1S/C22H23F3N2O4S/c23-22(24,25)18-7-1-2-8-20(18)31-15-21(28)27-13-5-6-16-14-17(9-10-19(16)27)32(29,30)26-11-3-4-12-26/h1-2,7-10,14H,3-6,11-13,15H2. The van der Waals surface area contributed by atoms with Crippen molar-refractivity contribution in [3.63, 3.8) is 0 Å². The number of para-hydroxylation sites is 1. The summed E-state index contributed by atoms with van der Waals surface area (Å²) in [5, 5.41) is 0. The van der Waals surface area contributed by atoms with Crippen molar-refractivity contribution in [2.45, 2.75) is 36.8 Å². The Morgan fingerprint density at radius 2 is 1.72 bits per heavy atom. The van der Waals surface area contributed by atoms with E-state index in [0.29, 0.717) is 38.2 Å². The van der Waals surface area contributed by atoms with Crippen molar-refractivity contribution in [2.24, 2.45) is 0 Å². The van der Waals surface area contributed by atoms with E-state index in [2.05, 4.69) is 0 Å². The van der Waals surface area contributed by atoms with Crippen LogP contribution in [0.2, 0.25) is 0 Å². The van der Waals surface area contributed by atoms with Gasteiger partial charge in [0.15, 0.2) is 6.61 Å². The highest BCUT2D eigenvalue weighted by Gasteiger charge is 2.34. The number of ether oxygens (including phenoxy) is 1. The van der Waals surface area contributed by atoms with Gasteiger partial charge in [0, 0.05) is 25.3 Å². The molecule has 2 aromatic rings. The molecule has 0 saturated carbocycles. The summed E-state index contributed by atoms with van der Waals surface area (Å²) in [6.07, 6.45) is -1.69. The molecule has 0 aromatic heterocycles. The van der Waals surface area contributed by atoms with E-state index in [-0.39, 0.29) is 4.90 Å². The van der Waals surface area contributed by atoms with Gasteiger partial charge < -0.3 is 9.64 Å². The number of sulfonamides is 1. The highest BCUT2D eigenvalue weighted by molar-refractivity contribution is 7.89. The second-order valence-electron chi connectivity index (χ2n) is 7.83. The predicted octanol–water partition coefficient (Wildman–Crippen LogP) is 3.85. The Hall–Kier alpha value is -2.59. The Morgan fingerprint density at radius 1 is 1.00 bits per heavy atom. The van der Waals surface area contributed by atoms with Crippen LogP contribution in [0, 0.1) is 0 Å². The molecule has 2 aliphatic rings. The molecule has 10 heteroatoms. The summed E-state index contributed by atoms with van der Waals surface area (Å²) in [7, 11) is -3.58. The van der Waals surface area contributed by atoms with Crippen molar-refractivity contribution >= 4 is 21.6 Å². The van der Waals surface area contributed by atoms with Crippen LogP contribution in [0.1, 0.15) is 30.4 Å². The van der Waals surface area contributed by atoms with E-state index in [4.69, 9.17) is 4.74 Å². The quantitative estimate of drug-likeness (QED) is 0.669. The molecule has 0 bridgehead atoms. The van der Waals surface area contributed by atoms with Crippen LogP contribution >= 0.6 is 0 Å². The molecule has 0 atom stereocenters. The summed E-state index contributed by atoms with van der Waals surface area (Å²) in [6.45, 7) is 0.830. The first-order valence-corrected chi connectivity index (χ1v) is 11.8. The van der Waals surface area contributed by atoms with Gasteiger partial charge in [0.05, 0.1) is 10.5 Å². The van der Waals surface area contributed by atoms with Gasteiger partial charge in [-0.1, -0.05) is 12.1 Å². The fourth-order valence-electron chi connectivity index (χ4n) is 4.11. The SMILES string of the molecule is O=C(COc1ccccc1C(F)(F)F)N1CCCc2cc(S(=O)(=O)N3CCCC3)ccc21. The maximum atomic E-state index is 13.1. The topological polar surface area (TPSA) is 66.9 Å². The number of carbonyl (C=O) groups excluding carboxylic acids is 1. The first-order chi connectivity index (χ1) is 15.2. The number of halogens is 3. The maximum absolute atomic E-state index is 13.1. The molecule has 2 heterocycles. The van der Waals surface area contributed by atoms with Gasteiger partial charge in [-0.3, -0.25) is 4.79 Å². The zero-order valence-electron chi connectivity index (χ0n) is 17.3. The summed E-state index contributed by atoms with van der Waals surface area (Å²) in [6, 6.07) is 9.42. The highest BCUT2D eigenvalue weighted by Crippen LogP contribution is 2.36. The molecule has 172 valence electrons. The molecule has 1 saturated heterocycles. The van der Waals surface area contributed by atoms with E-state index in [9.17, 15) is 26.4 Å². The lowest BCUT2D eigenvalue weighted by atomic mass is 10.0. The van der Waals surface area contributed by atoms with Crippen molar-refractivity contribution in [1.29, 1.82) is 0 Å². The second-order valence-corrected chi connectivity index (χ2v) is 9.77. The number of fused-ring (bicyclic) bond motifs is 1.